The highest BCUT2D eigenvalue weighted by atomic mass is 16.2. The van der Waals surface area contributed by atoms with Crippen LogP contribution in [-0.2, 0) is 4.79 Å². The second kappa shape index (κ2) is 6.64. The molecule has 1 aliphatic rings. The van der Waals surface area contributed by atoms with Crippen LogP contribution in [0.1, 0.15) is 16.7 Å². The Kier molecular flexibility index (Phi) is 4.23. The standard InChI is InChI=1S/C20H13N3O/c21-13-16-7-5-15(6-8-16)9-12-20(24)23-18(14-22)11-10-17-3-1-2-4-19(17)23/h1-12,18H/b12-9+. The van der Waals surface area contributed by atoms with E-state index in [1.165, 1.54) is 11.0 Å². The first-order chi connectivity index (χ1) is 11.7. The van der Waals surface area contributed by atoms with Gasteiger partial charge in [0.2, 0.25) is 0 Å². The third kappa shape index (κ3) is 2.95. The van der Waals surface area contributed by atoms with Gasteiger partial charge in [0.15, 0.2) is 0 Å². The number of rotatable bonds is 2. The second-order valence-electron chi connectivity index (χ2n) is 5.27. The molecule has 0 N–H and O–H groups in total. The molecule has 4 heteroatoms. The Hall–Kier alpha value is -3.63. The number of hydrogen-bond acceptors (Lipinski definition) is 3. The van der Waals surface area contributed by atoms with Crippen molar-refractivity contribution in [3.8, 4) is 12.1 Å². The zero-order valence-corrected chi connectivity index (χ0v) is 12.8. The molecule has 0 spiro atoms. The average Bonchev–Trinajstić information content (AvgIpc) is 2.65. The summed E-state index contributed by atoms with van der Waals surface area (Å²) in [6, 6.07) is 18.0. The highest BCUT2D eigenvalue weighted by molar-refractivity contribution is 6.06. The number of para-hydroxylation sites is 1. The molecule has 0 saturated heterocycles. The summed E-state index contributed by atoms with van der Waals surface area (Å²) < 4.78 is 0. The van der Waals surface area contributed by atoms with Crippen molar-refractivity contribution in [2.24, 2.45) is 0 Å². The minimum atomic E-state index is -0.627. The van der Waals surface area contributed by atoms with Gasteiger partial charge < -0.3 is 0 Å². The molecule has 1 amide bonds. The summed E-state index contributed by atoms with van der Waals surface area (Å²) in [6.07, 6.45) is 6.70. The molecular weight excluding hydrogens is 298 g/mol. The van der Waals surface area contributed by atoms with E-state index < -0.39 is 6.04 Å². The van der Waals surface area contributed by atoms with Crippen LogP contribution in [0.3, 0.4) is 0 Å². The summed E-state index contributed by atoms with van der Waals surface area (Å²) >= 11 is 0. The van der Waals surface area contributed by atoms with Crippen LogP contribution in [0.4, 0.5) is 5.69 Å². The van der Waals surface area contributed by atoms with Gasteiger partial charge in [0.1, 0.15) is 6.04 Å². The molecule has 24 heavy (non-hydrogen) atoms. The van der Waals surface area contributed by atoms with Gasteiger partial charge in [0.05, 0.1) is 23.4 Å². The molecule has 0 saturated carbocycles. The normalized spacial score (nSPS) is 15.6. The molecule has 4 nitrogen and oxygen atoms in total. The van der Waals surface area contributed by atoms with Crippen LogP contribution >= 0.6 is 0 Å². The van der Waals surface area contributed by atoms with E-state index in [0.717, 1.165) is 16.8 Å². The van der Waals surface area contributed by atoms with Gasteiger partial charge in [-0.15, -0.1) is 0 Å². The number of hydrogen-bond donors (Lipinski definition) is 0. The summed E-state index contributed by atoms with van der Waals surface area (Å²) in [5.41, 5.74) is 3.01. The third-order valence-corrected chi connectivity index (χ3v) is 3.76. The summed E-state index contributed by atoms with van der Waals surface area (Å²) in [5.74, 6) is -0.261. The van der Waals surface area contributed by atoms with Crippen molar-refractivity contribution < 1.29 is 4.79 Å². The number of nitrogens with zero attached hydrogens (tertiary/aromatic N) is 3. The monoisotopic (exact) mass is 311 g/mol. The van der Waals surface area contributed by atoms with E-state index in [2.05, 4.69) is 12.1 Å². The van der Waals surface area contributed by atoms with Crippen molar-refractivity contribution in [1.29, 1.82) is 10.5 Å². The number of fused-ring (bicyclic) bond motifs is 1. The Morgan fingerprint density at radius 3 is 2.54 bits per heavy atom. The number of amides is 1. The van der Waals surface area contributed by atoms with E-state index in [9.17, 15) is 10.1 Å². The quantitative estimate of drug-likeness (QED) is 0.797. The summed E-state index contributed by atoms with van der Waals surface area (Å²) in [4.78, 5) is 14.1. The SMILES string of the molecule is N#Cc1ccc(/C=C/C(=O)N2c3ccccc3C=CC2C#N)cc1. The van der Waals surface area contributed by atoms with E-state index in [1.54, 1.807) is 36.4 Å². The predicted octanol–water partition coefficient (Wildman–Crippen LogP) is 3.52. The summed E-state index contributed by atoms with van der Waals surface area (Å²) in [6.45, 7) is 0. The molecule has 0 aromatic heterocycles. The molecule has 1 atom stereocenters. The van der Waals surface area contributed by atoms with E-state index in [0.29, 0.717) is 5.56 Å². The van der Waals surface area contributed by atoms with Gasteiger partial charge in [-0.05, 0) is 41.5 Å². The lowest BCUT2D eigenvalue weighted by Crippen LogP contribution is -2.39. The molecule has 0 aliphatic carbocycles. The maximum Gasteiger partial charge on any atom is 0.252 e. The average molecular weight is 311 g/mol. The molecule has 114 valence electrons. The van der Waals surface area contributed by atoms with E-state index in [1.807, 2.05) is 30.3 Å². The molecule has 1 heterocycles. The Morgan fingerprint density at radius 2 is 1.83 bits per heavy atom. The number of benzene rings is 2. The molecule has 2 aromatic carbocycles. The van der Waals surface area contributed by atoms with Crippen molar-refractivity contribution in [3.63, 3.8) is 0 Å². The zero-order chi connectivity index (χ0) is 16.9. The predicted molar refractivity (Wildman–Crippen MR) is 92.6 cm³/mol. The summed E-state index contributed by atoms with van der Waals surface area (Å²) in [7, 11) is 0. The maximum absolute atomic E-state index is 12.6. The van der Waals surface area contributed by atoms with Crippen molar-refractivity contribution >= 4 is 23.7 Å². The Balaban J connectivity index is 1.87. The van der Waals surface area contributed by atoms with Crippen LogP contribution in [0.2, 0.25) is 0 Å². The minimum absolute atomic E-state index is 0.261. The Labute approximate surface area is 140 Å². The Bertz CT molecular complexity index is 911. The Morgan fingerprint density at radius 1 is 1.08 bits per heavy atom. The van der Waals surface area contributed by atoms with Crippen LogP contribution in [0.25, 0.3) is 12.2 Å². The number of anilines is 1. The van der Waals surface area contributed by atoms with Gasteiger partial charge >= 0.3 is 0 Å². The third-order valence-electron chi connectivity index (χ3n) is 3.76. The van der Waals surface area contributed by atoms with Crippen molar-refractivity contribution in [2.45, 2.75) is 6.04 Å². The molecular formula is C20H13N3O. The van der Waals surface area contributed by atoms with Crippen molar-refractivity contribution in [1.82, 2.24) is 0 Å². The zero-order valence-electron chi connectivity index (χ0n) is 12.8. The summed E-state index contributed by atoms with van der Waals surface area (Å²) in [5, 5.41) is 18.1. The second-order valence-corrected chi connectivity index (χ2v) is 5.27. The van der Waals surface area contributed by atoms with Gasteiger partial charge in [-0.3, -0.25) is 9.69 Å². The van der Waals surface area contributed by atoms with Crippen molar-refractivity contribution in [2.75, 3.05) is 4.90 Å². The molecule has 3 rings (SSSR count). The van der Waals surface area contributed by atoms with Gasteiger partial charge in [0.25, 0.3) is 5.91 Å². The number of carbonyl (C=O) groups excluding carboxylic acids is 1. The van der Waals surface area contributed by atoms with Crippen LogP contribution in [0.5, 0.6) is 0 Å². The molecule has 2 aromatic rings. The molecule has 0 radical (unpaired) electrons. The number of nitriles is 2. The first-order valence-corrected chi connectivity index (χ1v) is 7.41. The maximum atomic E-state index is 12.6. The van der Waals surface area contributed by atoms with Gasteiger partial charge in [0, 0.05) is 6.08 Å². The molecule has 0 fully saturated rings. The largest absolute Gasteiger partial charge is 0.288 e. The lowest BCUT2D eigenvalue weighted by atomic mass is 10.0. The van der Waals surface area contributed by atoms with Gasteiger partial charge in [-0.1, -0.05) is 36.4 Å². The van der Waals surface area contributed by atoms with Gasteiger partial charge in [-0.25, -0.2) is 0 Å². The lowest BCUT2D eigenvalue weighted by molar-refractivity contribution is -0.114. The molecule has 1 unspecified atom stereocenters. The fourth-order valence-corrected chi connectivity index (χ4v) is 2.55. The first kappa shape index (κ1) is 15.3. The van der Waals surface area contributed by atoms with Crippen LogP contribution in [0, 0.1) is 22.7 Å². The van der Waals surface area contributed by atoms with Crippen LogP contribution < -0.4 is 4.90 Å². The first-order valence-electron chi connectivity index (χ1n) is 7.41. The topological polar surface area (TPSA) is 67.9 Å². The highest BCUT2D eigenvalue weighted by Gasteiger charge is 2.26. The van der Waals surface area contributed by atoms with Gasteiger partial charge in [-0.2, -0.15) is 10.5 Å². The minimum Gasteiger partial charge on any atom is -0.288 e. The van der Waals surface area contributed by atoms with Crippen LogP contribution in [0.15, 0.2) is 60.7 Å². The smallest absolute Gasteiger partial charge is 0.252 e. The fraction of sp³-hybridized carbons (Fsp3) is 0.0500. The molecule has 0 bridgehead atoms. The highest BCUT2D eigenvalue weighted by Crippen LogP contribution is 2.29. The lowest BCUT2D eigenvalue weighted by Gasteiger charge is -2.29. The number of carbonyl (C=O) groups is 1. The van der Waals surface area contributed by atoms with Crippen LogP contribution in [-0.4, -0.2) is 11.9 Å². The molecule has 1 aliphatic heterocycles. The van der Waals surface area contributed by atoms with E-state index in [-0.39, 0.29) is 5.91 Å². The fourth-order valence-electron chi connectivity index (χ4n) is 2.55. The van der Waals surface area contributed by atoms with Crippen molar-refractivity contribution in [3.05, 3.63) is 77.4 Å². The van der Waals surface area contributed by atoms with E-state index >= 15 is 0 Å². The van der Waals surface area contributed by atoms with E-state index in [4.69, 9.17) is 5.26 Å².